The lowest BCUT2D eigenvalue weighted by Crippen LogP contribution is -2.50. The summed E-state index contributed by atoms with van der Waals surface area (Å²) in [6.45, 7) is 6.54. The number of urea groups is 1. The van der Waals surface area contributed by atoms with Gasteiger partial charge in [-0.25, -0.2) is 14.8 Å². The van der Waals surface area contributed by atoms with Crippen LogP contribution in [0.2, 0.25) is 0 Å². The fourth-order valence-corrected chi connectivity index (χ4v) is 4.21. The summed E-state index contributed by atoms with van der Waals surface area (Å²) in [6.07, 6.45) is 1.63. The minimum Gasteiger partial charge on any atom is -0.493 e. The molecule has 0 atom stereocenters. The molecule has 11 heteroatoms. The van der Waals surface area contributed by atoms with Crippen LogP contribution in [0.4, 0.5) is 22.1 Å². The van der Waals surface area contributed by atoms with Gasteiger partial charge >= 0.3 is 6.03 Å². The molecule has 1 N–H and O–H groups in total. The highest BCUT2D eigenvalue weighted by atomic mass is 16.5. The maximum atomic E-state index is 12.9. The van der Waals surface area contributed by atoms with Crippen molar-refractivity contribution in [3.05, 3.63) is 24.5 Å². The summed E-state index contributed by atoms with van der Waals surface area (Å²) in [5.74, 6) is 3.32. The first-order chi connectivity index (χ1) is 16.5. The summed E-state index contributed by atoms with van der Waals surface area (Å²) >= 11 is 0. The molecule has 0 unspecified atom stereocenters. The predicted molar refractivity (Wildman–Crippen MR) is 131 cm³/mol. The third-order valence-corrected chi connectivity index (χ3v) is 6.27. The molecular weight excluding hydrogens is 438 g/mol. The maximum Gasteiger partial charge on any atom is 0.321 e. The van der Waals surface area contributed by atoms with Crippen LogP contribution in [0.25, 0.3) is 0 Å². The Hall–Kier alpha value is -3.47. The number of nitrogens with one attached hydrogen (secondary N) is 1. The van der Waals surface area contributed by atoms with Gasteiger partial charge in [0.05, 0.1) is 27.0 Å². The van der Waals surface area contributed by atoms with E-state index in [2.05, 4.69) is 43.1 Å². The molecule has 0 bridgehead atoms. The summed E-state index contributed by atoms with van der Waals surface area (Å²) in [7, 11) is 6.78. The van der Waals surface area contributed by atoms with Crippen LogP contribution in [0, 0.1) is 0 Å². The number of anilines is 3. The van der Waals surface area contributed by atoms with Crippen molar-refractivity contribution in [2.24, 2.45) is 0 Å². The van der Waals surface area contributed by atoms with E-state index in [1.54, 1.807) is 44.7 Å². The van der Waals surface area contributed by atoms with Crippen LogP contribution in [-0.4, -0.2) is 107 Å². The van der Waals surface area contributed by atoms with Crippen molar-refractivity contribution in [1.29, 1.82) is 0 Å². The van der Waals surface area contributed by atoms with E-state index < -0.39 is 0 Å². The average Bonchev–Trinajstić information content (AvgIpc) is 2.88. The zero-order valence-corrected chi connectivity index (χ0v) is 20.3. The zero-order valence-electron chi connectivity index (χ0n) is 20.3. The number of methoxy groups -OCH3 is 3. The fraction of sp³-hybridized carbons (Fsp3) is 0.522. The molecular formula is C23H33N7O4. The summed E-state index contributed by atoms with van der Waals surface area (Å²) in [4.78, 5) is 30.5. The van der Waals surface area contributed by atoms with Gasteiger partial charge in [0, 0.05) is 70.6 Å². The van der Waals surface area contributed by atoms with Crippen LogP contribution in [0.15, 0.2) is 24.5 Å². The van der Waals surface area contributed by atoms with Gasteiger partial charge in [-0.15, -0.1) is 0 Å². The van der Waals surface area contributed by atoms with Crippen molar-refractivity contribution < 1.29 is 19.0 Å². The first-order valence-electron chi connectivity index (χ1n) is 11.4. The van der Waals surface area contributed by atoms with Crippen LogP contribution in [0.3, 0.4) is 0 Å². The van der Waals surface area contributed by atoms with Gasteiger partial charge in [-0.2, -0.15) is 0 Å². The van der Waals surface area contributed by atoms with Crippen molar-refractivity contribution in [3.8, 4) is 17.2 Å². The molecule has 1 aromatic carbocycles. The van der Waals surface area contributed by atoms with Gasteiger partial charge in [0.1, 0.15) is 18.0 Å². The van der Waals surface area contributed by atoms with Crippen molar-refractivity contribution in [2.75, 3.05) is 95.9 Å². The van der Waals surface area contributed by atoms with Crippen LogP contribution in [0.5, 0.6) is 17.2 Å². The van der Waals surface area contributed by atoms with Gasteiger partial charge in [0.2, 0.25) is 5.75 Å². The second-order valence-corrected chi connectivity index (χ2v) is 8.34. The van der Waals surface area contributed by atoms with Gasteiger partial charge in [0.25, 0.3) is 0 Å². The van der Waals surface area contributed by atoms with Gasteiger partial charge in [-0.3, -0.25) is 0 Å². The molecule has 0 aliphatic carbocycles. The van der Waals surface area contributed by atoms with E-state index in [0.717, 1.165) is 37.8 Å². The molecule has 1 aromatic heterocycles. The molecule has 2 aliphatic rings. The number of benzene rings is 1. The molecule has 2 amide bonds. The summed E-state index contributed by atoms with van der Waals surface area (Å²) in [5.41, 5.74) is 0.578. The Morgan fingerprint density at radius 1 is 0.794 bits per heavy atom. The minimum absolute atomic E-state index is 0.172. The predicted octanol–water partition coefficient (Wildman–Crippen LogP) is 1.61. The molecule has 2 aromatic rings. The molecule has 184 valence electrons. The zero-order chi connectivity index (χ0) is 24.1. The van der Waals surface area contributed by atoms with Crippen molar-refractivity contribution >= 4 is 23.4 Å². The topological polar surface area (TPSA) is 95.5 Å². The van der Waals surface area contributed by atoms with E-state index in [9.17, 15) is 4.79 Å². The van der Waals surface area contributed by atoms with Gasteiger partial charge < -0.3 is 39.1 Å². The van der Waals surface area contributed by atoms with Crippen LogP contribution in [0.1, 0.15) is 0 Å². The number of piperazine rings is 2. The van der Waals surface area contributed by atoms with Gasteiger partial charge in [-0.1, -0.05) is 0 Å². The van der Waals surface area contributed by atoms with E-state index in [1.807, 2.05) is 0 Å². The van der Waals surface area contributed by atoms with E-state index in [0.29, 0.717) is 49.1 Å². The van der Waals surface area contributed by atoms with Crippen LogP contribution >= 0.6 is 0 Å². The normalized spacial score (nSPS) is 16.9. The first kappa shape index (κ1) is 23.7. The first-order valence-corrected chi connectivity index (χ1v) is 11.4. The van der Waals surface area contributed by atoms with Crippen molar-refractivity contribution in [1.82, 2.24) is 19.8 Å². The van der Waals surface area contributed by atoms with Crippen molar-refractivity contribution in [3.63, 3.8) is 0 Å². The highest BCUT2D eigenvalue weighted by Gasteiger charge is 2.24. The lowest BCUT2D eigenvalue weighted by Gasteiger charge is -2.36. The van der Waals surface area contributed by atoms with E-state index in [4.69, 9.17) is 14.2 Å². The molecule has 0 saturated carbocycles. The third-order valence-electron chi connectivity index (χ3n) is 6.27. The molecule has 2 saturated heterocycles. The highest BCUT2D eigenvalue weighted by molar-refractivity contribution is 5.90. The number of rotatable bonds is 6. The number of hydrogen-bond donors (Lipinski definition) is 1. The molecule has 2 fully saturated rings. The number of ether oxygens (including phenoxy) is 3. The van der Waals surface area contributed by atoms with Crippen molar-refractivity contribution in [2.45, 2.75) is 0 Å². The Morgan fingerprint density at radius 3 is 1.82 bits per heavy atom. The number of likely N-dealkylation sites (N-methyl/N-ethyl adjacent to an activating group) is 1. The number of aromatic nitrogens is 2. The van der Waals surface area contributed by atoms with Crippen LogP contribution in [-0.2, 0) is 0 Å². The Kier molecular flexibility index (Phi) is 7.41. The summed E-state index contributed by atoms with van der Waals surface area (Å²) in [5, 5.41) is 2.94. The Labute approximate surface area is 200 Å². The fourth-order valence-electron chi connectivity index (χ4n) is 4.21. The van der Waals surface area contributed by atoms with E-state index >= 15 is 0 Å². The number of carbonyl (C=O) groups excluding carboxylic acids is 1. The minimum atomic E-state index is -0.172. The lowest BCUT2D eigenvalue weighted by atomic mass is 10.2. The van der Waals surface area contributed by atoms with Gasteiger partial charge in [0.15, 0.2) is 11.5 Å². The smallest absolute Gasteiger partial charge is 0.321 e. The molecule has 4 rings (SSSR count). The molecule has 11 nitrogen and oxygen atoms in total. The number of hydrogen-bond acceptors (Lipinski definition) is 9. The standard InChI is InChI=1S/C23H33N7O4/c1-27-5-7-28(8-6-27)20-15-21(25-16-24-20)29-9-11-30(12-10-29)23(31)26-17-13-18(32-2)22(34-4)19(14-17)33-3/h13-16H,5-12H2,1-4H3,(H,26,31). The number of nitrogens with zero attached hydrogens (tertiary/aromatic N) is 6. The van der Waals surface area contributed by atoms with E-state index in [-0.39, 0.29) is 6.03 Å². The Bertz CT molecular complexity index is 964. The number of carbonyl (C=O) groups is 1. The van der Waals surface area contributed by atoms with Gasteiger partial charge in [-0.05, 0) is 7.05 Å². The second-order valence-electron chi connectivity index (χ2n) is 8.34. The summed E-state index contributed by atoms with van der Waals surface area (Å²) in [6, 6.07) is 5.32. The molecule has 0 radical (unpaired) electrons. The molecule has 3 heterocycles. The van der Waals surface area contributed by atoms with E-state index in [1.165, 1.54) is 0 Å². The molecule has 0 spiro atoms. The molecule has 34 heavy (non-hydrogen) atoms. The second kappa shape index (κ2) is 10.6. The summed E-state index contributed by atoms with van der Waals surface area (Å²) < 4.78 is 16.1. The molecule has 2 aliphatic heterocycles. The maximum absolute atomic E-state index is 12.9. The monoisotopic (exact) mass is 471 g/mol. The largest absolute Gasteiger partial charge is 0.493 e. The SMILES string of the molecule is COc1cc(NC(=O)N2CCN(c3cc(N4CCN(C)CC4)ncn3)CC2)cc(OC)c1OC. The Morgan fingerprint density at radius 2 is 1.32 bits per heavy atom. The highest BCUT2D eigenvalue weighted by Crippen LogP contribution is 2.40. The Balaban J connectivity index is 1.36. The number of amides is 2. The average molecular weight is 472 g/mol. The lowest BCUT2D eigenvalue weighted by molar-refractivity contribution is 0.208. The third kappa shape index (κ3) is 5.19. The van der Waals surface area contributed by atoms with Crippen LogP contribution < -0.4 is 29.3 Å². The quantitative estimate of drug-likeness (QED) is 0.674.